The van der Waals surface area contributed by atoms with E-state index in [2.05, 4.69) is 13.8 Å². The molecule has 0 aliphatic rings. The van der Waals surface area contributed by atoms with Crippen LogP contribution < -0.4 is 0 Å². The fourth-order valence-electron chi connectivity index (χ4n) is 7.20. The number of sulfone groups is 2. The first-order valence-corrected chi connectivity index (χ1v) is 25.4. The van der Waals surface area contributed by atoms with Gasteiger partial charge in [0.1, 0.15) is 0 Å². The molecule has 294 valence electrons. The lowest BCUT2D eigenvalue weighted by Gasteiger charge is -2.08. The maximum atomic E-state index is 12.8. The average Bonchev–Trinajstić information content (AvgIpc) is 3.07. The Balaban J connectivity index is 2.07. The Morgan fingerprint density at radius 2 is 0.560 bits per heavy atom. The molecule has 0 aliphatic carbocycles. The van der Waals surface area contributed by atoms with Crippen molar-refractivity contribution in [1.29, 1.82) is 0 Å². The van der Waals surface area contributed by atoms with Gasteiger partial charge < -0.3 is 0 Å². The maximum absolute atomic E-state index is 12.8. The molecule has 50 heavy (non-hydrogen) atoms. The van der Waals surface area contributed by atoms with Crippen LogP contribution in [0.1, 0.15) is 230 Å². The van der Waals surface area contributed by atoms with Crippen LogP contribution in [0.5, 0.6) is 0 Å². The van der Waals surface area contributed by atoms with E-state index in [1.807, 2.05) is 12.1 Å². The lowest BCUT2D eigenvalue weighted by Crippen LogP contribution is -2.11. The van der Waals surface area contributed by atoms with Crippen molar-refractivity contribution in [3.05, 3.63) is 35.4 Å². The molecule has 1 rings (SSSR count). The molecule has 0 aliphatic heterocycles. The molecule has 0 radical (unpaired) electrons. The number of hydrogen-bond donors (Lipinski definition) is 0. The smallest absolute Gasteiger partial charge is 0.154 e. The molecular weight excluding hydrogens is 657 g/mol. The quantitative estimate of drug-likeness (QED) is 0.0634. The van der Waals surface area contributed by atoms with Gasteiger partial charge in [-0.2, -0.15) is 0 Å². The third-order valence-corrected chi connectivity index (χ3v) is 13.8. The van der Waals surface area contributed by atoms with Crippen LogP contribution in [0.4, 0.5) is 0 Å². The van der Waals surface area contributed by atoms with E-state index in [1.54, 1.807) is 12.1 Å². The summed E-state index contributed by atoms with van der Waals surface area (Å²) in [4.78, 5) is 0. The Bertz CT molecular complexity index is 1010. The predicted molar refractivity (Wildman–Crippen MR) is 221 cm³/mol. The van der Waals surface area contributed by atoms with Crippen molar-refractivity contribution < 1.29 is 16.8 Å². The van der Waals surface area contributed by atoms with Gasteiger partial charge in [0.25, 0.3) is 0 Å². The van der Waals surface area contributed by atoms with Crippen molar-refractivity contribution in [3.63, 3.8) is 0 Å². The van der Waals surface area contributed by atoms with Crippen molar-refractivity contribution in [3.8, 4) is 0 Å². The van der Waals surface area contributed by atoms with E-state index in [0.29, 0.717) is 24.0 Å². The minimum absolute atomic E-state index is 0.00124. The summed E-state index contributed by atoms with van der Waals surface area (Å²) in [7, 11) is -6.41. The molecule has 6 heteroatoms. The molecule has 1 aromatic rings. The minimum atomic E-state index is -3.20. The molecule has 0 amide bonds. The standard InChI is InChI=1S/C44H82O4S2/c1-3-5-7-9-11-13-15-17-19-21-23-25-27-29-31-33-38-49(45,46)41-43-36-35-37-44(40-43)42-50(47,48)39-34-32-30-28-26-24-22-20-18-16-14-12-10-8-6-4-2/h35-37,40H,3-34,38-39,41-42H2,1-2H3. The van der Waals surface area contributed by atoms with Gasteiger partial charge in [0.2, 0.25) is 0 Å². The zero-order chi connectivity index (χ0) is 36.4. The molecule has 0 aromatic heterocycles. The highest BCUT2D eigenvalue weighted by atomic mass is 32.2. The van der Waals surface area contributed by atoms with E-state index in [0.717, 1.165) is 25.7 Å². The van der Waals surface area contributed by atoms with Crippen LogP contribution in [0.2, 0.25) is 0 Å². The Labute approximate surface area is 313 Å². The summed E-state index contributed by atoms with van der Waals surface area (Å²) in [6.07, 6.45) is 40.8. The Morgan fingerprint density at radius 3 is 0.800 bits per heavy atom. The molecule has 0 atom stereocenters. The van der Waals surface area contributed by atoms with Gasteiger partial charge in [0.05, 0.1) is 23.0 Å². The zero-order valence-electron chi connectivity index (χ0n) is 33.2. The van der Waals surface area contributed by atoms with E-state index in [9.17, 15) is 16.8 Å². The van der Waals surface area contributed by atoms with Crippen LogP contribution in [0.15, 0.2) is 24.3 Å². The van der Waals surface area contributed by atoms with Crippen LogP contribution in [0.3, 0.4) is 0 Å². The van der Waals surface area contributed by atoms with Gasteiger partial charge in [-0.05, 0) is 24.0 Å². The van der Waals surface area contributed by atoms with E-state index < -0.39 is 19.7 Å². The van der Waals surface area contributed by atoms with Gasteiger partial charge in [-0.3, -0.25) is 0 Å². The highest BCUT2D eigenvalue weighted by Crippen LogP contribution is 2.18. The second-order valence-electron chi connectivity index (χ2n) is 15.6. The zero-order valence-corrected chi connectivity index (χ0v) is 34.8. The normalized spacial score (nSPS) is 12.2. The molecule has 0 fully saturated rings. The van der Waals surface area contributed by atoms with Crippen molar-refractivity contribution in [2.45, 2.75) is 231 Å². The van der Waals surface area contributed by atoms with Gasteiger partial charge in [-0.1, -0.05) is 231 Å². The molecule has 0 heterocycles. The third-order valence-electron chi connectivity index (χ3n) is 10.4. The highest BCUT2D eigenvalue weighted by Gasteiger charge is 2.15. The van der Waals surface area contributed by atoms with Gasteiger partial charge in [-0.15, -0.1) is 0 Å². The Hall–Kier alpha value is -0.880. The molecule has 0 spiro atoms. The third kappa shape index (κ3) is 30.7. The van der Waals surface area contributed by atoms with Crippen LogP contribution in [0, 0.1) is 0 Å². The number of unbranched alkanes of at least 4 members (excludes halogenated alkanes) is 30. The number of hydrogen-bond acceptors (Lipinski definition) is 4. The molecule has 0 saturated heterocycles. The predicted octanol–water partition coefficient (Wildman–Crippen LogP) is 14.0. The van der Waals surface area contributed by atoms with Gasteiger partial charge in [0, 0.05) is 0 Å². The SMILES string of the molecule is CCCCCCCCCCCCCCCCCCS(=O)(=O)Cc1cccc(CS(=O)(=O)CCCCCCCCCCCCCCCCCC)c1. The first-order valence-electron chi connectivity index (χ1n) is 21.8. The van der Waals surface area contributed by atoms with E-state index in [-0.39, 0.29) is 23.0 Å². The first-order chi connectivity index (χ1) is 24.3. The minimum Gasteiger partial charge on any atom is -0.228 e. The average molecular weight is 739 g/mol. The second kappa shape index (κ2) is 32.7. The molecule has 4 nitrogen and oxygen atoms in total. The van der Waals surface area contributed by atoms with Crippen LogP contribution in [-0.4, -0.2) is 28.3 Å². The molecule has 1 aromatic carbocycles. The first kappa shape index (κ1) is 47.1. The summed E-state index contributed by atoms with van der Waals surface area (Å²) in [5.74, 6) is 0.429. The van der Waals surface area contributed by atoms with Crippen molar-refractivity contribution in [2.75, 3.05) is 11.5 Å². The summed E-state index contributed by atoms with van der Waals surface area (Å²) in [5.41, 5.74) is 1.41. The van der Waals surface area contributed by atoms with Crippen molar-refractivity contribution in [2.24, 2.45) is 0 Å². The maximum Gasteiger partial charge on any atom is 0.154 e. The van der Waals surface area contributed by atoms with Gasteiger partial charge in [0.15, 0.2) is 19.7 Å². The summed E-state index contributed by atoms with van der Waals surface area (Å²) >= 11 is 0. The molecular formula is C44H82O4S2. The highest BCUT2D eigenvalue weighted by molar-refractivity contribution is 7.90. The van der Waals surface area contributed by atoms with Crippen molar-refractivity contribution >= 4 is 19.7 Å². The molecule has 0 bridgehead atoms. The van der Waals surface area contributed by atoms with Gasteiger partial charge >= 0.3 is 0 Å². The molecule has 0 N–H and O–H groups in total. The van der Waals surface area contributed by atoms with Crippen LogP contribution >= 0.6 is 0 Å². The van der Waals surface area contributed by atoms with Crippen LogP contribution in [-0.2, 0) is 31.2 Å². The fourth-order valence-corrected chi connectivity index (χ4v) is 10.2. The van der Waals surface area contributed by atoms with E-state index in [1.165, 1.54) is 167 Å². The number of rotatable bonds is 38. The summed E-state index contributed by atoms with van der Waals surface area (Å²) < 4.78 is 51.2. The second-order valence-corrected chi connectivity index (χ2v) is 20.0. The summed E-state index contributed by atoms with van der Waals surface area (Å²) in [6.45, 7) is 4.54. The Kier molecular flexibility index (Phi) is 30.9. The van der Waals surface area contributed by atoms with E-state index >= 15 is 0 Å². The molecule has 0 unspecified atom stereocenters. The van der Waals surface area contributed by atoms with Crippen molar-refractivity contribution in [1.82, 2.24) is 0 Å². The summed E-state index contributed by atoms with van der Waals surface area (Å²) in [6, 6.07) is 7.23. The van der Waals surface area contributed by atoms with Gasteiger partial charge in [-0.25, -0.2) is 16.8 Å². The largest absolute Gasteiger partial charge is 0.228 e. The Morgan fingerprint density at radius 1 is 0.340 bits per heavy atom. The lowest BCUT2D eigenvalue weighted by atomic mass is 10.0. The van der Waals surface area contributed by atoms with E-state index in [4.69, 9.17) is 0 Å². The monoisotopic (exact) mass is 739 g/mol. The molecule has 0 saturated carbocycles. The summed E-state index contributed by atoms with van der Waals surface area (Å²) in [5, 5.41) is 0. The lowest BCUT2D eigenvalue weighted by molar-refractivity contribution is 0.530. The van der Waals surface area contributed by atoms with Crippen LogP contribution in [0.25, 0.3) is 0 Å². The number of benzene rings is 1. The topological polar surface area (TPSA) is 68.3 Å². The fraction of sp³-hybridized carbons (Fsp3) is 0.864.